The lowest BCUT2D eigenvalue weighted by Gasteiger charge is -2.18. The van der Waals surface area contributed by atoms with Gasteiger partial charge in [-0.1, -0.05) is 12.1 Å². The van der Waals surface area contributed by atoms with Crippen molar-refractivity contribution >= 4 is 17.5 Å². The Morgan fingerprint density at radius 2 is 1.90 bits per heavy atom. The number of anilines is 1. The maximum atomic E-state index is 12.2. The number of hydrogen-bond acceptors (Lipinski definition) is 6. The van der Waals surface area contributed by atoms with Crippen LogP contribution in [0.2, 0.25) is 0 Å². The van der Waals surface area contributed by atoms with Gasteiger partial charge in [0.1, 0.15) is 18.5 Å². The SMILES string of the molecule is O=C1OC(CN2CCCC2)CN1c1ccc(OCc2cccc([N+](=O)[O-])c2)cc1. The second kappa shape index (κ2) is 8.48. The van der Waals surface area contributed by atoms with Gasteiger partial charge in [0.25, 0.3) is 5.69 Å². The summed E-state index contributed by atoms with van der Waals surface area (Å²) in [7, 11) is 0. The number of cyclic esters (lactones) is 1. The molecule has 2 aromatic carbocycles. The van der Waals surface area contributed by atoms with Crippen molar-refractivity contribution in [2.24, 2.45) is 0 Å². The lowest BCUT2D eigenvalue weighted by Crippen LogP contribution is -2.33. The molecule has 1 amide bonds. The van der Waals surface area contributed by atoms with E-state index in [-0.39, 0.29) is 24.5 Å². The fraction of sp³-hybridized carbons (Fsp3) is 0.381. The Labute approximate surface area is 168 Å². The van der Waals surface area contributed by atoms with Crippen LogP contribution in [-0.2, 0) is 11.3 Å². The maximum Gasteiger partial charge on any atom is 0.414 e. The molecule has 2 aromatic rings. The molecule has 29 heavy (non-hydrogen) atoms. The van der Waals surface area contributed by atoms with Crippen molar-refractivity contribution in [3.8, 4) is 5.75 Å². The molecule has 2 aliphatic heterocycles. The highest BCUT2D eigenvalue weighted by atomic mass is 16.6. The third kappa shape index (κ3) is 4.65. The Kier molecular flexibility index (Phi) is 5.62. The number of nitro groups is 1. The zero-order chi connectivity index (χ0) is 20.2. The summed E-state index contributed by atoms with van der Waals surface area (Å²) in [6.45, 7) is 3.70. The van der Waals surface area contributed by atoms with E-state index in [4.69, 9.17) is 9.47 Å². The number of likely N-dealkylation sites (tertiary alicyclic amines) is 1. The van der Waals surface area contributed by atoms with E-state index in [0.717, 1.165) is 30.9 Å². The van der Waals surface area contributed by atoms with E-state index in [1.165, 1.54) is 25.0 Å². The number of ether oxygens (including phenoxy) is 2. The molecule has 0 radical (unpaired) electrons. The number of nitro benzene ring substituents is 1. The highest BCUT2D eigenvalue weighted by Gasteiger charge is 2.33. The summed E-state index contributed by atoms with van der Waals surface area (Å²) in [6, 6.07) is 13.6. The minimum Gasteiger partial charge on any atom is -0.489 e. The molecule has 2 heterocycles. The first-order valence-electron chi connectivity index (χ1n) is 9.75. The van der Waals surface area contributed by atoms with E-state index >= 15 is 0 Å². The maximum absolute atomic E-state index is 12.2. The van der Waals surface area contributed by atoms with Crippen LogP contribution in [0.4, 0.5) is 16.2 Å². The van der Waals surface area contributed by atoms with Crippen molar-refractivity contribution in [3.05, 3.63) is 64.2 Å². The predicted molar refractivity (Wildman–Crippen MR) is 107 cm³/mol. The van der Waals surface area contributed by atoms with Crippen molar-refractivity contribution in [2.75, 3.05) is 31.1 Å². The van der Waals surface area contributed by atoms with Crippen LogP contribution >= 0.6 is 0 Å². The average molecular weight is 397 g/mol. The average Bonchev–Trinajstić information content (AvgIpc) is 3.37. The molecule has 0 spiro atoms. The van der Waals surface area contributed by atoms with Gasteiger partial charge in [-0.3, -0.25) is 19.9 Å². The van der Waals surface area contributed by atoms with Crippen molar-refractivity contribution < 1.29 is 19.2 Å². The molecular formula is C21H23N3O5. The summed E-state index contributed by atoms with van der Waals surface area (Å²) >= 11 is 0. The van der Waals surface area contributed by atoms with Crippen molar-refractivity contribution in [2.45, 2.75) is 25.6 Å². The predicted octanol–water partition coefficient (Wildman–Crippen LogP) is 3.59. The standard InChI is InChI=1S/C21H23N3O5/c25-21-23(14-20(29-21)13-22-10-1-2-11-22)17-6-8-19(9-7-17)28-15-16-4-3-5-18(12-16)24(26)27/h3-9,12,20H,1-2,10-11,13-15H2. The summed E-state index contributed by atoms with van der Waals surface area (Å²) in [6.07, 6.45) is 1.99. The van der Waals surface area contributed by atoms with E-state index in [0.29, 0.717) is 12.3 Å². The Morgan fingerprint density at radius 3 is 2.62 bits per heavy atom. The second-order valence-corrected chi connectivity index (χ2v) is 7.33. The van der Waals surface area contributed by atoms with Crippen molar-refractivity contribution in [1.29, 1.82) is 0 Å². The van der Waals surface area contributed by atoms with Gasteiger partial charge in [-0.2, -0.15) is 0 Å². The van der Waals surface area contributed by atoms with Gasteiger partial charge in [0.2, 0.25) is 0 Å². The number of rotatable bonds is 7. The van der Waals surface area contributed by atoms with E-state index in [2.05, 4.69) is 4.90 Å². The summed E-state index contributed by atoms with van der Waals surface area (Å²) in [5.41, 5.74) is 1.52. The quantitative estimate of drug-likeness (QED) is 0.524. The smallest absolute Gasteiger partial charge is 0.414 e. The number of amides is 1. The first-order chi connectivity index (χ1) is 14.1. The molecule has 1 atom stereocenters. The van der Waals surface area contributed by atoms with Crippen molar-refractivity contribution in [3.63, 3.8) is 0 Å². The van der Waals surface area contributed by atoms with Crippen LogP contribution in [0.25, 0.3) is 0 Å². The monoisotopic (exact) mass is 397 g/mol. The summed E-state index contributed by atoms with van der Waals surface area (Å²) < 4.78 is 11.2. The Morgan fingerprint density at radius 1 is 1.14 bits per heavy atom. The van der Waals surface area contributed by atoms with Gasteiger partial charge in [-0.15, -0.1) is 0 Å². The van der Waals surface area contributed by atoms with E-state index in [1.54, 1.807) is 29.2 Å². The number of benzene rings is 2. The molecule has 0 N–H and O–H groups in total. The fourth-order valence-corrected chi connectivity index (χ4v) is 3.73. The fourth-order valence-electron chi connectivity index (χ4n) is 3.73. The highest BCUT2D eigenvalue weighted by Crippen LogP contribution is 2.25. The van der Waals surface area contributed by atoms with E-state index < -0.39 is 4.92 Å². The largest absolute Gasteiger partial charge is 0.489 e. The number of hydrogen-bond donors (Lipinski definition) is 0. The Hall–Kier alpha value is -3.13. The van der Waals surface area contributed by atoms with Gasteiger partial charge in [0, 0.05) is 24.4 Å². The third-order valence-corrected chi connectivity index (χ3v) is 5.21. The minimum atomic E-state index is -0.426. The first-order valence-corrected chi connectivity index (χ1v) is 9.75. The van der Waals surface area contributed by atoms with Gasteiger partial charge in [-0.05, 0) is 55.8 Å². The molecule has 0 saturated carbocycles. The number of carbonyl (C=O) groups is 1. The Bertz CT molecular complexity index is 880. The van der Waals surface area contributed by atoms with E-state index in [1.807, 2.05) is 12.1 Å². The zero-order valence-electron chi connectivity index (χ0n) is 16.0. The highest BCUT2D eigenvalue weighted by molar-refractivity contribution is 5.89. The Balaban J connectivity index is 1.33. The zero-order valence-corrected chi connectivity index (χ0v) is 16.0. The molecular weight excluding hydrogens is 374 g/mol. The van der Waals surface area contributed by atoms with Gasteiger partial charge < -0.3 is 9.47 Å². The lowest BCUT2D eigenvalue weighted by atomic mass is 10.2. The number of non-ortho nitro benzene ring substituents is 1. The molecule has 4 rings (SSSR count). The summed E-state index contributed by atoms with van der Waals surface area (Å²) in [4.78, 5) is 26.7. The van der Waals surface area contributed by atoms with Gasteiger partial charge in [0.15, 0.2) is 0 Å². The third-order valence-electron chi connectivity index (χ3n) is 5.21. The summed E-state index contributed by atoms with van der Waals surface area (Å²) in [5, 5.41) is 10.9. The number of carbonyl (C=O) groups excluding carboxylic acids is 1. The van der Waals surface area contributed by atoms with Crippen LogP contribution in [0, 0.1) is 10.1 Å². The van der Waals surface area contributed by atoms with Gasteiger partial charge in [-0.25, -0.2) is 4.79 Å². The van der Waals surface area contributed by atoms with Crippen LogP contribution in [0.3, 0.4) is 0 Å². The molecule has 0 aliphatic carbocycles. The van der Waals surface area contributed by atoms with Crippen LogP contribution in [-0.4, -0.2) is 48.2 Å². The molecule has 2 saturated heterocycles. The molecule has 2 aliphatic rings. The summed E-state index contributed by atoms with van der Waals surface area (Å²) in [5.74, 6) is 0.626. The molecule has 8 nitrogen and oxygen atoms in total. The van der Waals surface area contributed by atoms with Crippen LogP contribution in [0.1, 0.15) is 18.4 Å². The molecule has 1 unspecified atom stereocenters. The van der Waals surface area contributed by atoms with Gasteiger partial charge >= 0.3 is 6.09 Å². The van der Waals surface area contributed by atoms with Gasteiger partial charge in [0.05, 0.1) is 11.5 Å². The number of nitrogens with zero attached hydrogens (tertiary/aromatic N) is 3. The molecule has 2 fully saturated rings. The van der Waals surface area contributed by atoms with Crippen LogP contribution in [0.15, 0.2) is 48.5 Å². The molecule has 0 bridgehead atoms. The van der Waals surface area contributed by atoms with Crippen molar-refractivity contribution in [1.82, 2.24) is 4.90 Å². The first kappa shape index (κ1) is 19.2. The van der Waals surface area contributed by atoms with E-state index in [9.17, 15) is 14.9 Å². The molecule has 152 valence electrons. The lowest BCUT2D eigenvalue weighted by molar-refractivity contribution is -0.384. The second-order valence-electron chi connectivity index (χ2n) is 7.33. The minimum absolute atomic E-state index is 0.0393. The molecule has 8 heteroatoms. The topological polar surface area (TPSA) is 85.2 Å². The van der Waals surface area contributed by atoms with Crippen LogP contribution in [0.5, 0.6) is 5.75 Å². The normalized spacial score (nSPS) is 19.4. The van der Waals surface area contributed by atoms with Crippen LogP contribution < -0.4 is 9.64 Å². The molecule has 0 aromatic heterocycles.